The van der Waals surface area contributed by atoms with Crippen LogP contribution in [0, 0.1) is 10.1 Å². The number of nitro benzene ring substituents is 1. The minimum atomic E-state index is -0.475. The average Bonchev–Trinajstić information content (AvgIpc) is 2.15. The molecular formula is C7H7N3O3. The van der Waals surface area contributed by atoms with Crippen molar-refractivity contribution in [2.75, 3.05) is 7.11 Å². The van der Waals surface area contributed by atoms with Gasteiger partial charge in [0.2, 0.25) is 0 Å². The molecule has 0 radical (unpaired) electrons. The van der Waals surface area contributed by atoms with E-state index in [2.05, 4.69) is 15.2 Å². The molecule has 68 valence electrons. The van der Waals surface area contributed by atoms with Crippen LogP contribution in [0.1, 0.15) is 0 Å². The quantitative estimate of drug-likeness (QED) is 0.407. The second-order valence-corrected chi connectivity index (χ2v) is 2.14. The first-order valence-electron chi connectivity index (χ1n) is 3.42. The molecule has 1 rings (SSSR count). The van der Waals surface area contributed by atoms with Crippen molar-refractivity contribution in [1.82, 2.24) is 0 Å². The standard InChI is InChI=1S/C7H7N3O3/c1-13-9-8-6-2-4-7(5-3-6)10(11)12/h2-5H,1H3. The number of benzene rings is 1. The molecule has 0 saturated carbocycles. The van der Waals surface area contributed by atoms with E-state index in [1.807, 2.05) is 0 Å². The molecule has 6 heteroatoms. The molecule has 0 atom stereocenters. The van der Waals surface area contributed by atoms with Crippen LogP contribution in [-0.2, 0) is 4.84 Å². The van der Waals surface area contributed by atoms with Crippen molar-refractivity contribution < 1.29 is 9.76 Å². The number of nitrogens with zero attached hydrogens (tertiary/aromatic N) is 3. The Morgan fingerprint density at radius 3 is 2.46 bits per heavy atom. The van der Waals surface area contributed by atoms with Gasteiger partial charge in [-0.25, -0.2) is 0 Å². The monoisotopic (exact) mass is 181 g/mol. The number of nitro groups is 1. The summed E-state index contributed by atoms with van der Waals surface area (Å²) in [6.45, 7) is 0. The SMILES string of the molecule is CON=Nc1ccc([N+](=O)[O-])cc1. The molecule has 0 spiro atoms. The summed E-state index contributed by atoms with van der Waals surface area (Å²) in [7, 11) is 1.37. The van der Waals surface area contributed by atoms with Crippen molar-refractivity contribution in [2.45, 2.75) is 0 Å². The maximum absolute atomic E-state index is 10.3. The molecule has 0 saturated heterocycles. The minimum absolute atomic E-state index is 0.0244. The van der Waals surface area contributed by atoms with E-state index in [0.717, 1.165) is 0 Å². The second-order valence-electron chi connectivity index (χ2n) is 2.14. The fourth-order valence-corrected chi connectivity index (χ4v) is 0.729. The number of hydrogen-bond acceptors (Lipinski definition) is 5. The van der Waals surface area contributed by atoms with Crippen LogP contribution in [0.5, 0.6) is 0 Å². The van der Waals surface area contributed by atoms with E-state index in [0.29, 0.717) is 5.69 Å². The summed E-state index contributed by atoms with van der Waals surface area (Å²) >= 11 is 0. The summed E-state index contributed by atoms with van der Waals surface area (Å²) < 4.78 is 0. The van der Waals surface area contributed by atoms with Crippen molar-refractivity contribution in [3.05, 3.63) is 34.4 Å². The third-order valence-corrected chi connectivity index (χ3v) is 1.30. The molecule has 0 bridgehead atoms. The maximum Gasteiger partial charge on any atom is 0.269 e. The summed E-state index contributed by atoms with van der Waals surface area (Å²) in [5.41, 5.74) is 0.531. The Labute approximate surface area is 74.0 Å². The van der Waals surface area contributed by atoms with Crippen molar-refractivity contribution in [1.29, 1.82) is 0 Å². The van der Waals surface area contributed by atoms with Gasteiger partial charge in [0.05, 0.1) is 10.6 Å². The summed E-state index contributed by atoms with van der Waals surface area (Å²) in [4.78, 5) is 14.1. The summed E-state index contributed by atoms with van der Waals surface area (Å²) in [5, 5.41) is 17.1. The van der Waals surface area contributed by atoms with Crippen LogP contribution >= 0.6 is 0 Å². The molecule has 6 nitrogen and oxygen atoms in total. The Morgan fingerprint density at radius 1 is 1.38 bits per heavy atom. The zero-order valence-electron chi connectivity index (χ0n) is 6.88. The van der Waals surface area contributed by atoms with E-state index in [-0.39, 0.29) is 5.69 Å². The summed E-state index contributed by atoms with van der Waals surface area (Å²) in [5.74, 6) is 0. The van der Waals surface area contributed by atoms with Crippen molar-refractivity contribution in [3.8, 4) is 0 Å². The van der Waals surface area contributed by atoms with Crippen LogP contribution in [0.25, 0.3) is 0 Å². The van der Waals surface area contributed by atoms with Gasteiger partial charge in [-0.2, -0.15) is 0 Å². The minimum Gasteiger partial charge on any atom is -0.383 e. The number of rotatable bonds is 3. The normalized spacial score (nSPS) is 10.2. The van der Waals surface area contributed by atoms with Crippen LogP contribution in [0.15, 0.2) is 34.7 Å². The lowest BCUT2D eigenvalue weighted by atomic mass is 10.3. The summed E-state index contributed by atoms with van der Waals surface area (Å²) in [6, 6.07) is 5.68. The Kier molecular flexibility index (Phi) is 2.91. The highest BCUT2D eigenvalue weighted by atomic mass is 16.6. The van der Waals surface area contributed by atoms with E-state index >= 15 is 0 Å². The molecule has 0 fully saturated rings. The largest absolute Gasteiger partial charge is 0.383 e. The van der Waals surface area contributed by atoms with Crippen LogP contribution in [0.4, 0.5) is 11.4 Å². The number of non-ortho nitro benzene ring substituents is 1. The van der Waals surface area contributed by atoms with Crippen LogP contribution in [-0.4, -0.2) is 12.0 Å². The van der Waals surface area contributed by atoms with E-state index < -0.39 is 4.92 Å². The van der Waals surface area contributed by atoms with Gasteiger partial charge in [-0.05, 0) is 12.1 Å². The molecule has 0 aromatic heterocycles. The Bertz CT molecular complexity index is 320. The molecule has 0 heterocycles. The zero-order chi connectivity index (χ0) is 9.68. The van der Waals surface area contributed by atoms with Crippen LogP contribution < -0.4 is 0 Å². The molecule has 0 aliphatic heterocycles. The lowest BCUT2D eigenvalue weighted by Crippen LogP contribution is -1.85. The first-order chi connectivity index (χ1) is 6.24. The molecule has 0 unspecified atom stereocenters. The molecule has 0 aliphatic rings. The van der Waals surface area contributed by atoms with Gasteiger partial charge in [-0.3, -0.25) is 10.1 Å². The van der Waals surface area contributed by atoms with Gasteiger partial charge in [-0.1, -0.05) is 0 Å². The molecule has 0 N–H and O–H groups in total. The highest BCUT2D eigenvalue weighted by Crippen LogP contribution is 2.17. The van der Waals surface area contributed by atoms with E-state index in [9.17, 15) is 10.1 Å². The van der Waals surface area contributed by atoms with E-state index in [4.69, 9.17) is 0 Å². The molecule has 0 amide bonds. The smallest absolute Gasteiger partial charge is 0.269 e. The van der Waals surface area contributed by atoms with Crippen LogP contribution in [0.3, 0.4) is 0 Å². The van der Waals surface area contributed by atoms with Crippen molar-refractivity contribution in [3.63, 3.8) is 0 Å². The average molecular weight is 181 g/mol. The van der Waals surface area contributed by atoms with Gasteiger partial charge in [0.15, 0.2) is 0 Å². The fourth-order valence-electron chi connectivity index (χ4n) is 0.729. The van der Waals surface area contributed by atoms with Gasteiger partial charge < -0.3 is 4.84 Å². The highest BCUT2D eigenvalue weighted by Gasteiger charge is 2.02. The highest BCUT2D eigenvalue weighted by molar-refractivity contribution is 5.43. The lowest BCUT2D eigenvalue weighted by Gasteiger charge is -1.91. The summed E-state index contributed by atoms with van der Waals surface area (Å²) in [6.07, 6.45) is 0. The van der Waals surface area contributed by atoms with E-state index in [1.165, 1.54) is 31.4 Å². The zero-order valence-corrected chi connectivity index (χ0v) is 6.88. The fraction of sp³-hybridized carbons (Fsp3) is 0.143. The Morgan fingerprint density at radius 2 is 2.00 bits per heavy atom. The lowest BCUT2D eigenvalue weighted by molar-refractivity contribution is -0.384. The van der Waals surface area contributed by atoms with Gasteiger partial charge in [0.1, 0.15) is 7.11 Å². The van der Waals surface area contributed by atoms with Crippen molar-refractivity contribution >= 4 is 11.4 Å². The van der Waals surface area contributed by atoms with Gasteiger partial charge >= 0.3 is 0 Å². The second kappa shape index (κ2) is 4.15. The number of hydrogen-bond donors (Lipinski definition) is 0. The molecule has 13 heavy (non-hydrogen) atoms. The predicted octanol–water partition coefficient (Wildman–Crippen LogP) is 2.24. The van der Waals surface area contributed by atoms with Gasteiger partial charge in [-0.15, -0.1) is 5.11 Å². The molecular weight excluding hydrogens is 174 g/mol. The Hall–Kier alpha value is -1.98. The van der Waals surface area contributed by atoms with Gasteiger partial charge in [0, 0.05) is 17.4 Å². The Balaban J connectivity index is 2.81. The predicted molar refractivity (Wildman–Crippen MR) is 44.6 cm³/mol. The van der Waals surface area contributed by atoms with E-state index in [1.54, 1.807) is 0 Å². The topological polar surface area (TPSA) is 77.1 Å². The molecule has 1 aromatic rings. The van der Waals surface area contributed by atoms with Gasteiger partial charge in [0.25, 0.3) is 5.69 Å². The van der Waals surface area contributed by atoms with Crippen molar-refractivity contribution in [2.24, 2.45) is 10.4 Å². The maximum atomic E-state index is 10.3. The third kappa shape index (κ3) is 2.51. The third-order valence-electron chi connectivity index (χ3n) is 1.30. The molecule has 0 aliphatic carbocycles. The van der Waals surface area contributed by atoms with Crippen LogP contribution in [0.2, 0.25) is 0 Å². The molecule has 1 aromatic carbocycles. The first-order valence-corrected chi connectivity index (χ1v) is 3.42. The first kappa shape index (κ1) is 9.11.